The van der Waals surface area contributed by atoms with Gasteiger partial charge in [-0.3, -0.25) is 19.1 Å². The van der Waals surface area contributed by atoms with Gasteiger partial charge in [-0.05, 0) is 74.5 Å². The van der Waals surface area contributed by atoms with Crippen LogP contribution in [0.1, 0.15) is 97.3 Å². The van der Waals surface area contributed by atoms with Gasteiger partial charge in [0.15, 0.2) is 11.5 Å². The standard InChI is InChI=1S/C29H34Cl2F3N3O4/c1-15-9-21(30)24(22(31)10-15)23(38)14-36(19-11-17(12-19)28(2,3)4)26(39)20-13-35-37(25(20)29(32,33)34)18-7-5-16(6-8-18)27(40)41/h9-10,13,16-19H,5-8,11-12,14H2,1-4H3,(H,40,41)/t16-,17-,18-,19-. The largest absolute Gasteiger partial charge is 0.481 e. The monoisotopic (exact) mass is 615 g/mol. The van der Waals surface area contributed by atoms with Gasteiger partial charge in [-0.1, -0.05) is 44.0 Å². The van der Waals surface area contributed by atoms with Crippen LogP contribution in [0.5, 0.6) is 0 Å². The molecule has 41 heavy (non-hydrogen) atoms. The average Bonchev–Trinajstić information content (AvgIpc) is 3.26. The lowest BCUT2D eigenvalue weighted by atomic mass is 9.65. The van der Waals surface area contributed by atoms with Crippen molar-refractivity contribution in [1.82, 2.24) is 14.7 Å². The third-order valence-electron chi connectivity index (χ3n) is 8.50. The third-order valence-corrected chi connectivity index (χ3v) is 9.10. The molecule has 1 heterocycles. The molecule has 1 N–H and O–H groups in total. The van der Waals surface area contributed by atoms with E-state index in [0.29, 0.717) is 12.8 Å². The van der Waals surface area contributed by atoms with Crippen molar-refractivity contribution in [2.24, 2.45) is 17.3 Å². The molecule has 0 radical (unpaired) electrons. The van der Waals surface area contributed by atoms with Crippen LogP contribution in [-0.2, 0) is 11.0 Å². The summed E-state index contributed by atoms with van der Waals surface area (Å²) in [5.74, 6) is -2.88. The summed E-state index contributed by atoms with van der Waals surface area (Å²) in [7, 11) is 0. The van der Waals surface area contributed by atoms with Crippen molar-refractivity contribution < 1.29 is 32.7 Å². The number of carboxylic acid groups (broad SMARTS) is 1. The Labute approximate surface area is 247 Å². The van der Waals surface area contributed by atoms with Crippen molar-refractivity contribution >= 4 is 40.9 Å². The van der Waals surface area contributed by atoms with E-state index in [-0.39, 0.29) is 52.6 Å². The number of aryl methyl sites for hydroxylation is 1. The molecule has 1 amide bonds. The topological polar surface area (TPSA) is 92.5 Å². The smallest absolute Gasteiger partial charge is 0.433 e. The minimum absolute atomic E-state index is 0.0189. The van der Waals surface area contributed by atoms with Gasteiger partial charge in [0.2, 0.25) is 0 Å². The zero-order chi connectivity index (χ0) is 30.4. The summed E-state index contributed by atoms with van der Waals surface area (Å²) in [6, 6.07) is 1.99. The summed E-state index contributed by atoms with van der Waals surface area (Å²) in [5.41, 5.74) is -1.14. The first kappa shape index (κ1) is 31.3. The van der Waals surface area contributed by atoms with Crippen LogP contribution < -0.4 is 0 Å². The Morgan fingerprint density at radius 3 is 2.10 bits per heavy atom. The number of aliphatic carboxylic acids is 1. The average molecular weight is 617 g/mol. The molecule has 2 aliphatic carbocycles. The molecule has 0 saturated heterocycles. The van der Waals surface area contributed by atoms with Crippen molar-refractivity contribution in [2.45, 2.75) is 84.5 Å². The van der Waals surface area contributed by atoms with Crippen molar-refractivity contribution in [2.75, 3.05) is 6.54 Å². The van der Waals surface area contributed by atoms with Crippen LogP contribution >= 0.6 is 23.2 Å². The van der Waals surface area contributed by atoms with Gasteiger partial charge in [-0.25, -0.2) is 0 Å². The van der Waals surface area contributed by atoms with E-state index in [1.54, 1.807) is 19.1 Å². The highest BCUT2D eigenvalue weighted by Crippen LogP contribution is 2.45. The van der Waals surface area contributed by atoms with Gasteiger partial charge in [0.05, 0.1) is 45.9 Å². The third kappa shape index (κ3) is 6.58. The van der Waals surface area contributed by atoms with E-state index in [4.69, 9.17) is 23.2 Å². The highest BCUT2D eigenvalue weighted by atomic mass is 35.5. The number of carboxylic acids is 1. The Morgan fingerprint density at radius 2 is 1.61 bits per heavy atom. The molecule has 1 aromatic carbocycles. The number of carbonyl (C=O) groups is 3. The Balaban J connectivity index is 1.68. The molecule has 2 aliphatic rings. The molecule has 7 nitrogen and oxygen atoms in total. The number of Topliss-reactive ketones (excluding diaryl/α,β-unsaturated/α-hetero) is 1. The Bertz CT molecular complexity index is 1310. The van der Waals surface area contributed by atoms with Crippen molar-refractivity contribution in [1.29, 1.82) is 0 Å². The van der Waals surface area contributed by atoms with E-state index in [2.05, 4.69) is 25.9 Å². The maximum Gasteiger partial charge on any atom is 0.433 e. The van der Waals surface area contributed by atoms with Gasteiger partial charge in [0.25, 0.3) is 5.91 Å². The second-order valence-electron chi connectivity index (χ2n) is 12.3. The molecule has 0 aliphatic heterocycles. The van der Waals surface area contributed by atoms with Crippen molar-refractivity contribution in [3.05, 3.63) is 50.8 Å². The predicted molar refractivity (Wildman–Crippen MR) is 148 cm³/mol. The number of benzene rings is 1. The number of aromatic nitrogens is 2. The van der Waals surface area contributed by atoms with E-state index in [1.165, 1.54) is 4.90 Å². The molecule has 1 aromatic heterocycles. The fourth-order valence-corrected chi connectivity index (χ4v) is 6.72. The molecule has 0 bridgehead atoms. The lowest BCUT2D eigenvalue weighted by Gasteiger charge is -2.48. The van der Waals surface area contributed by atoms with E-state index < -0.39 is 59.6 Å². The zero-order valence-corrected chi connectivity index (χ0v) is 24.9. The Kier molecular flexibility index (Phi) is 8.86. The molecule has 4 rings (SSSR count). The Morgan fingerprint density at radius 1 is 1.05 bits per heavy atom. The quantitative estimate of drug-likeness (QED) is 0.326. The van der Waals surface area contributed by atoms with Gasteiger partial charge in [0.1, 0.15) is 0 Å². The van der Waals surface area contributed by atoms with Gasteiger partial charge < -0.3 is 10.0 Å². The predicted octanol–water partition coefficient (Wildman–Crippen LogP) is 7.48. The molecule has 12 heteroatoms. The molecule has 2 aromatic rings. The highest BCUT2D eigenvalue weighted by Gasteiger charge is 2.47. The van der Waals surface area contributed by atoms with Gasteiger partial charge >= 0.3 is 12.1 Å². The minimum atomic E-state index is -4.90. The SMILES string of the molecule is Cc1cc(Cl)c(C(=O)CN(C(=O)c2cnn([C@H]3CC[C@H](C(=O)O)CC3)c2C(F)(F)F)[C@H]2C[C@H](C(C)(C)C)C2)c(Cl)c1. The first-order chi connectivity index (χ1) is 19.0. The summed E-state index contributed by atoms with van der Waals surface area (Å²) in [5, 5.41) is 13.5. The van der Waals surface area contributed by atoms with Gasteiger partial charge in [-0.15, -0.1) is 0 Å². The van der Waals surface area contributed by atoms with Gasteiger partial charge in [-0.2, -0.15) is 18.3 Å². The van der Waals surface area contributed by atoms with Crippen molar-refractivity contribution in [3.8, 4) is 0 Å². The number of carbonyl (C=O) groups excluding carboxylic acids is 2. The normalized spacial score (nSPS) is 23.1. The van der Waals surface area contributed by atoms with Gasteiger partial charge in [0, 0.05) is 6.04 Å². The van der Waals surface area contributed by atoms with Crippen LogP contribution in [0.15, 0.2) is 18.3 Å². The molecule has 2 saturated carbocycles. The number of alkyl halides is 3. The van der Waals surface area contributed by atoms with Crippen molar-refractivity contribution in [3.63, 3.8) is 0 Å². The molecule has 0 unspecified atom stereocenters. The van der Waals surface area contributed by atoms with Crippen LogP contribution in [0, 0.1) is 24.2 Å². The maximum atomic E-state index is 14.5. The number of halogens is 5. The number of ketones is 1. The number of nitrogens with zero attached hydrogens (tertiary/aromatic N) is 3. The second-order valence-corrected chi connectivity index (χ2v) is 13.2. The fourth-order valence-electron chi connectivity index (χ4n) is 5.92. The molecular formula is C29H34Cl2F3N3O4. The zero-order valence-electron chi connectivity index (χ0n) is 23.4. The van der Waals surface area contributed by atoms with E-state index in [9.17, 15) is 32.7 Å². The summed E-state index contributed by atoms with van der Waals surface area (Å²) >= 11 is 12.6. The summed E-state index contributed by atoms with van der Waals surface area (Å²) in [6.07, 6.45) is -2.10. The van der Waals surface area contributed by atoms with Crippen LogP contribution in [-0.4, -0.2) is 50.0 Å². The number of amides is 1. The van der Waals surface area contributed by atoms with E-state index in [0.717, 1.165) is 16.4 Å². The van der Waals surface area contributed by atoms with E-state index in [1.807, 2.05) is 0 Å². The first-order valence-corrected chi connectivity index (χ1v) is 14.4. The number of rotatable bonds is 7. The molecule has 2 fully saturated rings. The van der Waals surface area contributed by atoms with Crippen LogP contribution in [0.2, 0.25) is 10.0 Å². The molecule has 0 atom stereocenters. The summed E-state index contributed by atoms with van der Waals surface area (Å²) in [6.45, 7) is 7.44. The minimum Gasteiger partial charge on any atom is -0.481 e. The molecule has 224 valence electrons. The lowest BCUT2D eigenvalue weighted by Crippen LogP contribution is -2.52. The number of hydrogen-bond acceptors (Lipinski definition) is 4. The number of hydrogen-bond donors (Lipinski definition) is 1. The summed E-state index contributed by atoms with van der Waals surface area (Å²) < 4.78 is 44.3. The first-order valence-electron chi connectivity index (χ1n) is 13.7. The van der Waals surface area contributed by atoms with Crippen LogP contribution in [0.25, 0.3) is 0 Å². The fraction of sp³-hybridized carbons (Fsp3) is 0.586. The van der Waals surface area contributed by atoms with E-state index >= 15 is 0 Å². The molecular weight excluding hydrogens is 582 g/mol. The van der Waals surface area contributed by atoms with Crippen LogP contribution in [0.3, 0.4) is 0 Å². The summed E-state index contributed by atoms with van der Waals surface area (Å²) in [4.78, 5) is 39.9. The Hall–Kier alpha value is -2.59. The maximum absolute atomic E-state index is 14.5. The molecule has 0 spiro atoms. The second kappa shape index (κ2) is 11.6. The van der Waals surface area contributed by atoms with Crippen LogP contribution in [0.4, 0.5) is 13.2 Å². The lowest BCUT2D eigenvalue weighted by molar-refractivity contribution is -0.147. The highest BCUT2D eigenvalue weighted by molar-refractivity contribution is 6.40.